The first-order chi connectivity index (χ1) is 7.19. The van der Waals surface area contributed by atoms with E-state index in [0.29, 0.717) is 0 Å². The average Bonchev–Trinajstić information content (AvgIpc) is 2.64. The molecule has 3 heteroatoms. The highest BCUT2D eigenvalue weighted by atomic mass is 32.1. The van der Waals surface area contributed by atoms with Crippen molar-refractivity contribution in [2.24, 2.45) is 0 Å². The van der Waals surface area contributed by atoms with Crippen molar-refractivity contribution < 1.29 is 5.11 Å². The van der Waals surface area contributed by atoms with E-state index in [0.717, 1.165) is 16.3 Å². The number of aliphatic hydroxyl groups excluding tert-OH is 1. The Morgan fingerprint density at radius 2 is 1.87 bits per heavy atom. The average molecular weight is 219 g/mol. The summed E-state index contributed by atoms with van der Waals surface area (Å²) in [5, 5.41) is 11.7. The summed E-state index contributed by atoms with van der Waals surface area (Å²) in [5.74, 6) is 0. The van der Waals surface area contributed by atoms with E-state index in [1.54, 1.807) is 0 Å². The Balaban J connectivity index is 2.44. The second kappa shape index (κ2) is 4.13. The van der Waals surface area contributed by atoms with Crippen molar-refractivity contribution in [2.45, 2.75) is 20.5 Å². The number of hydrogen-bond donors (Lipinski definition) is 1. The molecule has 2 nitrogen and oxygen atoms in total. The Kier molecular flexibility index (Phi) is 2.84. The van der Waals surface area contributed by atoms with Gasteiger partial charge in [0.1, 0.15) is 5.01 Å². The summed E-state index contributed by atoms with van der Waals surface area (Å²) in [6, 6.07) is 6.37. The van der Waals surface area contributed by atoms with Crippen molar-refractivity contribution in [2.75, 3.05) is 0 Å². The van der Waals surface area contributed by atoms with Crippen LogP contribution in [0.5, 0.6) is 0 Å². The molecule has 2 rings (SSSR count). The predicted octanol–water partition coefficient (Wildman–Crippen LogP) is 2.92. The number of thiazole rings is 1. The van der Waals surface area contributed by atoms with Crippen LogP contribution in [0.4, 0.5) is 0 Å². The molecule has 0 unspecified atom stereocenters. The maximum absolute atomic E-state index is 8.95. The van der Waals surface area contributed by atoms with E-state index in [-0.39, 0.29) is 6.61 Å². The number of nitrogens with zero attached hydrogens (tertiary/aromatic N) is 1. The molecular weight excluding hydrogens is 206 g/mol. The van der Waals surface area contributed by atoms with Gasteiger partial charge in [-0.25, -0.2) is 4.98 Å². The van der Waals surface area contributed by atoms with E-state index < -0.39 is 0 Å². The van der Waals surface area contributed by atoms with E-state index in [9.17, 15) is 0 Å². The van der Waals surface area contributed by atoms with Crippen LogP contribution in [-0.2, 0) is 6.61 Å². The lowest BCUT2D eigenvalue weighted by Crippen LogP contribution is -1.84. The van der Waals surface area contributed by atoms with E-state index >= 15 is 0 Å². The summed E-state index contributed by atoms with van der Waals surface area (Å²) in [6.07, 6.45) is 0. The van der Waals surface area contributed by atoms with Gasteiger partial charge in [0.2, 0.25) is 0 Å². The molecule has 0 spiro atoms. The number of hydrogen-bond acceptors (Lipinski definition) is 3. The van der Waals surface area contributed by atoms with Gasteiger partial charge in [0.05, 0.1) is 12.3 Å². The Labute approximate surface area is 93.2 Å². The van der Waals surface area contributed by atoms with Crippen molar-refractivity contribution >= 4 is 11.3 Å². The molecule has 0 saturated heterocycles. The minimum Gasteiger partial charge on any atom is -0.389 e. The van der Waals surface area contributed by atoms with E-state index in [1.807, 2.05) is 5.38 Å². The Bertz CT molecular complexity index is 456. The highest BCUT2D eigenvalue weighted by Gasteiger charge is 2.04. The summed E-state index contributed by atoms with van der Waals surface area (Å²) in [4.78, 5) is 4.35. The predicted molar refractivity (Wildman–Crippen MR) is 62.9 cm³/mol. The van der Waals surface area contributed by atoms with Gasteiger partial charge in [0.15, 0.2) is 0 Å². The van der Waals surface area contributed by atoms with Crippen LogP contribution in [0.3, 0.4) is 0 Å². The van der Waals surface area contributed by atoms with Gasteiger partial charge in [-0.2, -0.15) is 0 Å². The van der Waals surface area contributed by atoms with Crippen LogP contribution >= 0.6 is 11.3 Å². The SMILES string of the molecule is Cc1cc(C)cc(-c2csc(CO)n2)c1. The maximum Gasteiger partial charge on any atom is 0.119 e. The molecule has 0 amide bonds. The lowest BCUT2D eigenvalue weighted by atomic mass is 10.1. The van der Waals surface area contributed by atoms with E-state index in [2.05, 4.69) is 37.0 Å². The molecule has 0 atom stereocenters. The number of benzene rings is 1. The third kappa shape index (κ3) is 2.25. The normalized spacial score (nSPS) is 10.6. The van der Waals surface area contributed by atoms with Gasteiger partial charge < -0.3 is 5.11 Å². The zero-order valence-electron chi connectivity index (χ0n) is 8.82. The van der Waals surface area contributed by atoms with Gasteiger partial charge in [0, 0.05) is 10.9 Å². The molecule has 1 N–H and O–H groups in total. The first-order valence-electron chi connectivity index (χ1n) is 4.83. The number of rotatable bonds is 2. The molecule has 0 aliphatic rings. The van der Waals surface area contributed by atoms with Gasteiger partial charge in [-0.1, -0.05) is 17.2 Å². The Morgan fingerprint density at radius 3 is 2.40 bits per heavy atom. The van der Waals surface area contributed by atoms with E-state index in [4.69, 9.17) is 5.11 Å². The lowest BCUT2D eigenvalue weighted by molar-refractivity contribution is 0.281. The highest BCUT2D eigenvalue weighted by molar-refractivity contribution is 7.09. The smallest absolute Gasteiger partial charge is 0.119 e. The summed E-state index contributed by atoms with van der Waals surface area (Å²) in [7, 11) is 0. The van der Waals surface area contributed by atoms with Crippen molar-refractivity contribution in [1.29, 1.82) is 0 Å². The second-order valence-electron chi connectivity index (χ2n) is 3.66. The van der Waals surface area contributed by atoms with Gasteiger partial charge in [-0.15, -0.1) is 11.3 Å². The summed E-state index contributed by atoms with van der Waals surface area (Å²) in [5.41, 5.74) is 4.56. The molecule has 0 aliphatic heterocycles. The molecule has 15 heavy (non-hydrogen) atoms. The zero-order valence-corrected chi connectivity index (χ0v) is 9.64. The Hall–Kier alpha value is -1.19. The number of aryl methyl sites for hydroxylation is 2. The fourth-order valence-electron chi connectivity index (χ4n) is 1.64. The van der Waals surface area contributed by atoms with Crippen molar-refractivity contribution in [3.63, 3.8) is 0 Å². The minimum atomic E-state index is 0.0233. The van der Waals surface area contributed by atoms with Crippen LogP contribution in [-0.4, -0.2) is 10.1 Å². The van der Waals surface area contributed by atoms with Gasteiger partial charge in [-0.05, 0) is 26.0 Å². The molecule has 0 aliphatic carbocycles. The summed E-state index contributed by atoms with van der Waals surface area (Å²) >= 11 is 1.49. The van der Waals surface area contributed by atoms with Crippen molar-refractivity contribution in [3.05, 3.63) is 39.7 Å². The molecular formula is C12H13NOS. The van der Waals surface area contributed by atoms with Crippen LogP contribution in [0.2, 0.25) is 0 Å². The largest absolute Gasteiger partial charge is 0.389 e. The lowest BCUT2D eigenvalue weighted by Gasteiger charge is -2.01. The second-order valence-corrected chi connectivity index (χ2v) is 4.60. The van der Waals surface area contributed by atoms with Gasteiger partial charge >= 0.3 is 0 Å². The molecule has 0 fully saturated rings. The maximum atomic E-state index is 8.95. The molecule has 1 aromatic heterocycles. The third-order valence-corrected chi connectivity index (χ3v) is 3.04. The van der Waals surface area contributed by atoms with Crippen LogP contribution < -0.4 is 0 Å². The fourth-order valence-corrected chi connectivity index (χ4v) is 2.30. The van der Waals surface area contributed by atoms with Crippen LogP contribution in [0, 0.1) is 13.8 Å². The number of aliphatic hydroxyl groups is 1. The molecule has 1 heterocycles. The topological polar surface area (TPSA) is 33.1 Å². The standard InChI is InChI=1S/C12H13NOS/c1-8-3-9(2)5-10(4-8)11-7-15-12(6-14)13-11/h3-5,7,14H,6H2,1-2H3. The van der Waals surface area contributed by atoms with Crippen LogP contribution in [0.25, 0.3) is 11.3 Å². The molecule has 78 valence electrons. The highest BCUT2D eigenvalue weighted by Crippen LogP contribution is 2.23. The molecule has 0 bridgehead atoms. The third-order valence-electron chi connectivity index (χ3n) is 2.20. The fraction of sp³-hybridized carbons (Fsp3) is 0.250. The van der Waals surface area contributed by atoms with Crippen molar-refractivity contribution in [3.8, 4) is 11.3 Å². The van der Waals surface area contributed by atoms with Crippen LogP contribution in [0.1, 0.15) is 16.1 Å². The number of aromatic nitrogens is 1. The first-order valence-corrected chi connectivity index (χ1v) is 5.71. The minimum absolute atomic E-state index is 0.0233. The summed E-state index contributed by atoms with van der Waals surface area (Å²) < 4.78 is 0. The van der Waals surface area contributed by atoms with E-state index in [1.165, 1.54) is 22.5 Å². The molecule has 2 aromatic rings. The Morgan fingerprint density at radius 1 is 1.20 bits per heavy atom. The zero-order chi connectivity index (χ0) is 10.8. The quantitative estimate of drug-likeness (QED) is 0.842. The monoisotopic (exact) mass is 219 g/mol. The molecule has 0 saturated carbocycles. The molecule has 1 aromatic carbocycles. The van der Waals surface area contributed by atoms with Crippen molar-refractivity contribution in [1.82, 2.24) is 4.98 Å². The summed E-state index contributed by atoms with van der Waals surface area (Å²) in [6.45, 7) is 4.18. The van der Waals surface area contributed by atoms with Gasteiger partial charge in [-0.3, -0.25) is 0 Å². The van der Waals surface area contributed by atoms with Gasteiger partial charge in [0.25, 0.3) is 0 Å². The first kappa shape index (κ1) is 10.3. The molecule has 0 radical (unpaired) electrons. The van der Waals surface area contributed by atoms with Crippen LogP contribution in [0.15, 0.2) is 23.6 Å².